The molecule has 0 N–H and O–H groups in total. The van der Waals surface area contributed by atoms with E-state index in [1.807, 2.05) is 18.2 Å². The van der Waals surface area contributed by atoms with E-state index in [2.05, 4.69) is 71.7 Å². The van der Waals surface area contributed by atoms with E-state index >= 15 is 0 Å². The molecule has 3 nitrogen and oxygen atoms in total. The Labute approximate surface area is 147 Å². The van der Waals surface area contributed by atoms with E-state index < -0.39 is 0 Å². The van der Waals surface area contributed by atoms with Gasteiger partial charge >= 0.3 is 0 Å². The largest absolute Gasteiger partial charge is 0.492 e. The van der Waals surface area contributed by atoms with Crippen LogP contribution >= 0.6 is 0 Å². The standard InChI is InChI=1S/C22H18N2O/c1-3-9-16(10-4-1)22-19-15-25-20-14-8-7-13-18(20)21(19)23-24(22)17-11-5-2-6-12-17/h1-14,19,22H,15H2/t19-,22+/m1/s1. The normalized spacial score (nSPS) is 21.1. The van der Waals surface area contributed by atoms with E-state index in [-0.39, 0.29) is 12.0 Å². The van der Waals surface area contributed by atoms with Crippen LogP contribution in [0.1, 0.15) is 17.2 Å². The first kappa shape index (κ1) is 14.3. The molecule has 25 heavy (non-hydrogen) atoms. The van der Waals surface area contributed by atoms with Crippen LogP contribution in [0.15, 0.2) is 90.0 Å². The SMILES string of the molecule is c1ccc([C@H]2[C@@H]3COc4ccccc4C3=NN2c2ccccc2)cc1. The van der Waals surface area contributed by atoms with Gasteiger partial charge in [0.25, 0.3) is 0 Å². The molecule has 2 atom stereocenters. The molecule has 122 valence electrons. The van der Waals surface area contributed by atoms with Gasteiger partial charge in [0.15, 0.2) is 0 Å². The highest BCUT2D eigenvalue weighted by Crippen LogP contribution is 2.44. The molecule has 0 saturated carbocycles. The first-order valence-electron chi connectivity index (χ1n) is 8.62. The number of fused-ring (bicyclic) bond motifs is 3. The summed E-state index contributed by atoms with van der Waals surface area (Å²) in [6.07, 6.45) is 0. The molecule has 5 rings (SSSR count). The number of rotatable bonds is 2. The summed E-state index contributed by atoms with van der Waals surface area (Å²) in [6, 6.07) is 29.3. The van der Waals surface area contributed by atoms with Crippen molar-refractivity contribution >= 4 is 11.4 Å². The Morgan fingerprint density at radius 1 is 0.800 bits per heavy atom. The van der Waals surface area contributed by atoms with Gasteiger partial charge in [-0.1, -0.05) is 60.7 Å². The smallest absolute Gasteiger partial charge is 0.128 e. The topological polar surface area (TPSA) is 24.8 Å². The van der Waals surface area contributed by atoms with Crippen molar-refractivity contribution in [1.82, 2.24) is 0 Å². The lowest BCUT2D eigenvalue weighted by atomic mass is 9.86. The quantitative estimate of drug-likeness (QED) is 0.684. The highest BCUT2D eigenvalue weighted by atomic mass is 16.5. The van der Waals surface area contributed by atoms with Crippen LogP contribution in [0.5, 0.6) is 5.75 Å². The van der Waals surface area contributed by atoms with E-state index in [4.69, 9.17) is 9.84 Å². The van der Waals surface area contributed by atoms with Crippen molar-refractivity contribution in [1.29, 1.82) is 0 Å². The molecule has 0 bridgehead atoms. The fraction of sp³-hybridized carbons (Fsp3) is 0.136. The van der Waals surface area contributed by atoms with E-state index in [9.17, 15) is 0 Å². The van der Waals surface area contributed by atoms with E-state index in [0.29, 0.717) is 6.61 Å². The molecular weight excluding hydrogens is 308 g/mol. The van der Waals surface area contributed by atoms with Crippen molar-refractivity contribution in [3.8, 4) is 5.75 Å². The fourth-order valence-electron chi connectivity index (χ4n) is 3.80. The highest BCUT2D eigenvalue weighted by Gasteiger charge is 2.43. The Morgan fingerprint density at radius 3 is 2.28 bits per heavy atom. The summed E-state index contributed by atoms with van der Waals surface area (Å²) >= 11 is 0. The first-order valence-corrected chi connectivity index (χ1v) is 8.62. The molecule has 3 heteroatoms. The van der Waals surface area contributed by atoms with Gasteiger partial charge in [-0.25, -0.2) is 0 Å². The Hall–Kier alpha value is -3.07. The summed E-state index contributed by atoms with van der Waals surface area (Å²) in [5.41, 5.74) is 4.60. The lowest BCUT2D eigenvalue weighted by molar-refractivity contribution is 0.260. The van der Waals surface area contributed by atoms with Crippen molar-refractivity contribution in [2.75, 3.05) is 11.6 Å². The van der Waals surface area contributed by atoms with Crippen LogP contribution in [0.25, 0.3) is 0 Å². The second kappa shape index (κ2) is 5.78. The molecule has 3 aromatic rings. The second-order valence-electron chi connectivity index (χ2n) is 6.43. The van der Waals surface area contributed by atoms with E-state index in [1.165, 1.54) is 5.56 Å². The summed E-state index contributed by atoms with van der Waals surface area (Å²) in [5.74, 6) is 1.15. The molecule has 0 spiro atoms. The predicted molar refractivity (Wildman–Crippen MR) is 100 cm³/mol. The molecule has 0 radical (unpaired) electrons. The lowest BCUT2D eigenvalue weighted by Gasteiger charge is -2.30. The van der Waals surface area contributed by atoms with Crippen molar-refractivity contribution in [3.05, 3.63) is 96.1 Å². The number of hydrazone groups is 1. The average molecular weight is 326 g/mol. The molecule has 0 aromatic heterocycles. The summed E-state index contributed by atoms with van der Waals surface area (Å²) in [7, 11) is 0. The molecule has 2 aliphatic rings. The third kappa shape index (κ3) is 2.31. The molecule has 0 amide bonds. The molecule has 2 heterocycles. The van der Waals surface area contributed by atoms with Crippen molar-refractivity contribution < 1.29 is 4.74 Å². The maximum atomic E-state index is 6.07. The Balaban J connectivity index is 1.66. The van der Waals surface area contributed by atoms with Gasteiger partial charge in [0.05, 0.1) is 30.0 Å². The third-order valence-corrected chi connectivity index (χ3v) is 4.95. The highest BCUT2D eigenvalue weighted by molar-refractivity contribution is 6.07. The predicted octanol–water partition coefficient (Wildman–Crippen LogP) is 4.66. The Morgan fingerprint density at radius 2 is 1.48 bits per heavy atom. The zero-order valence-corrected chi connectivity index (χ0v) is 13.7. The monoisotopic (exact) mass is 326 g/mol. The second-order valence-corrected chi connectivity index (χ2v) is 6.43. The summed E-state index contributed by atoms with van der Waals surface area (Å²) in [6.45, 7) is 0.652. The minimum absolute atomic E-state index is 0.145. The third-order valence-electron chi connectivity index (χ3n) is 4.95. The minimum atomic E-state index is 0.145. The molecule has 2 aliphatic heterocycles. The Kier molecular flexibility index (Phi) is 3.30. The number of benzene rings is 3. The summed E-state index contributed by atoms with van der Waals surface area (Å²) in [4.78, 5) is 0. The number of hydrogen-bond acceptors (Lipinski definition) is 3. The fourth-order valence-corrected chi connectivity index (χ4v) is 3.80. The molecule has 0 fully saturated rings. The van der Waals surface area contributed by atoms with Crippen LogP contribution in [0.4, 0.5) is 5.69 Å². The van der Waals surface area contributed by atoms with Crippen LogP contribution in [-0.2, 0) is 0 Å². The van der Waals surface area contributed by atoms with Gasteiger partial charge in [-0.2, -0.15) is 5.10 Å². The summed E-state index contributed by atoms with van der Waals surface area (Å²) < 4.78 is 6.07. The van der Waals surface area contributed by atoms with Crippen molar-refractivity contribution in [2.45, 2.75) is 6.04 Å². The molecule has 0 unspecified atom stereocenters. The van der Waals surface area contributed by atoms with Gasteiger partial charge in [0.1, 0.15) is 5.75 Å². The van der Waals surface area contributed by atoms with Crippen LogP contribution in [0, 0.1) is 5.92 Å². The van der Waals surface area contributed by atoms with Gasteiger partial charge in [-0.15, -0.1) is 0 Å². The Bertz CT molecular complexity index is 921. The average Bonchev–Trinajstić information content (AvgIpc) is 3.09. The number of ether oxygens (including phenoxy) is 1. The lowest BCUT2D eigenvalue weighted by Crippen LogP contribution is -2.32. The molecule has 3 aromatic carbocycles. The van der Waals surface area contributed by atoms with Gasteiger partial charge in [0.2, 0.25) is 0 Å². The number of para-hydroxylation sites is 2. The number of nitrogens with zero attached hydrogens (tertiary/aromatic N) is 2. The molecular formula is C22H18N2O. The van der Waals surface area contributed by atoms with Gasteiger partial charge in [-0.05, 0) is 29.8 Å². The zero-order valence-electron chi connectivity index (χ0n) is 13.7. The number of anilines is 1. The number of hydrogen-bond donors (Lipinski definition) is 0. The van der Waals surface area contributed by atoms with Crippen LogP contribution < -0.4 is 9.75 Å². The van der Waals surface area contributed by atoms with Crippen LogP contribution in [0.2, 0.25) is 0 Å². The van der Waals surface area contributed by atoms with Crippen molar-refractivity contribution in [2.24, 2.45) is 11.0 Å². The maximum absolute atomic E-state index is 6.07. The van der Waals surface area contributed by atoms with Gasteiger partial charge in [0, 0.05) is 5.56 Å². The van der Waals surface area contributed by atoms with E-state index in [1.54, 1.807) is 0 Å². The molecule has 0 saturated heterocycles. The first-order chi connectivity index (χ1) is 12.4. The summed E-state index contributed by atoms with van der Waals surface area (Å²) in [5, 5.41) is 7.20. The van der Waals surface area contributed by atoms with Gasteiger partial charge < -0.3 is 4.74 Å². The van der Waals surface area contributed by atoms with Gasteiger partial charge in [-0.3, -0.25) is 5.01 Å². The minimum Gasteiger partial charge on any atom is -0.492 e. The van der Waals surface area contributed by atoms with E-state index in [0.717, 1.165) is 22.7 Å². The zero-order chi connectivity index (χ0) is 16.6. The molecule has 0 aliphatic carbocycles. The van der Waals surface area contributed by atoms with Crippen LogP contribution in [-0.4, -0.2) is 12.3 Å². The maximum Gasteiger partial charge on any atom is 0.128 e. The van der Waals surface area contributed by atoms with Crippen LogP contribution in [0.3, 0.4) is 0 Å². The van der Waals surface area contributed by atoms with Crippen molar-refractivity contribution in [3.63, 3.8) is 0 Å².